The van der Waals surface area contributed by atoms with E-state index >= 15 is 0 Å². The quantitative estimate of drug-likeness (QED) is 0.748. The molecule has 0 saturated heterocycles. The van der Waals surface area contributed by atoms with Crippen LogP contribution in [0, 0.1) is 20.8 Å². The van der Waals surface area contributed by atoms with Crippen molar-refractivity contribution in [3.63, 3.8) is 0 Å². The van der Waals surface area contributed by atoms with E-state index in [-0.39, 0.29) is 0 Å². The van der Waals surface area contributed by atoms with E-state index in [1.165, 1.54) is 35.1 Å². The highest BCUT2D eigenvalue weighted by molar-refractivity contribution is 5.38. The third-order valence-corrected chi connectivity index (χ3v) is 3.50. The van der Waals surface area contributed by atoms with Gasteiger partial charge in [-0.05, 0) is 68.3 Å². The molecule has 0 fully saturated rings. The Morgan fingerprint density at radius 2 is 1.62 bits per heavy atom. The molecule has 16 heavy (non-hydrogen) atoms. The third-order valence-electron chi connectivity index (χ3n) is 3.50. The summed E-state index contributed by atoms with van der Waals surface area (Å²) in [6, 6.07) is 4.67. The fourth-order valence-corrected chi connectivity index (χ4v) is 2.26. The summed E-state index contributed by atoms with van der Waals surface area (Å²) in [6.07, 6.45) is 3.64. The van der Waals surface area contributed by atoms with Gasteiger partial charge in [0.05, 0.1) is 0 Å². The maximum Gasteiger partial charge on any atom is -0.00773 e. The number of aryl methyl sites for hydroxylation is 3. The number of rotatable bonds is 5. The van der Waals surface area contributed by atoms with Crippen molar-refractivity contribution in [3.8, 4) is 0 Å². The van der Waals surface area contributed by atoms with E-state index in [0.717, 1.165) is 13.0 Å². The predicted octanol–water partition coefficient (Wildman–Crippen LogP) is 3.84. The molecule has 1 aromatic carbocycles. The molecule has 1 unspecified atom stereocenters. The van der Waals surface area contributed by atoms with Crippen LogP contribution in [0.25, 0.3) is 0 Å². The van der Waals surface area contributed by atoms with E-state index in [1.807, 2.05) is 0 Å². The highest BCUT2D eigenvalue weighted by Gasteiger charge is 2.09. The smallest absolute Gasteiger partial charge is 0.00773 e. The van der Waals surface area contributed by atoms with Crippen LogP contribution in [-0.4, -0.2) is 6.54 Å². The first-order valence-electron chi connectivity index (χ1n) is 6.34. The van der Waals surface area contributed by atoms with E-state index in [1.54, 1.807) is 0 Å². The van der Waals surface area contributed by atoms with Crippen molar-refractivity contribution in [2.24, 2.45) is 5.73 Å². The SMILES string of the molecule is Cc1cc(C)c(C(C)CCCCN)cc1C. The molecule has 0 heterocycles. The molecule has 0 aliphatic heterocycles. The zero-order valence-electron chi connectivity index (χ0n) is 11.1. The van der Waals surface area contributed by atoms with E-state index in [2.05, 4.69) is 39.8 Å². The fraction of sp³-hybridized carbons (Fsp3) is 0.600. The van der Waals surface area contributed by atoms with Crippen molar-refractivity contribution < 1.29 is 0 Å². The zero-order valence-corrected chi connectivity index (χ0v) is 11.1. The van der Waals surface area contributed by atoms with Crippen LogP contribution in [0.3, 0.4) is 0 Å². The van der Waals surface area contributed by atoms with Gasteiger partial charge >= 0.3 is 0 Å². The minimum atomic E-state index is 0.658. The molecule has 90 valence electrons. The molecular weight excluding hydrogens is 194 g/mol. The molecule has 1 aromatic rings. The Balaban J connectivity index is 2.75. The molecule has 1 heteroatoms. The van der Waals surface area contributed by atoms with Gasteiger partial charge in [0.15, 0.2) is 0 Å². The lowest BCUT2D eigenvalue weighted by Gasteiger charge is -2.16. The van der Waals surface area contributed by atoms with Crippen LogP contribution in [-0.2, 0) is 0 Å². The summed E-state index contributed by atoms with van der Waals surface area (Å²) in [5, 5.41) is 0. The van der Waals surface area contributed by atoms with Gasteiger partial charge in [-0.15, -0.1) is 0 Å². The first-order valence-corrected chi connectivity index (χ1v) is 6.34. The van der Waals surface area contributed by atoms with Crippen molar-refractivity contribution in [2.45, 2.75) is 52.9 Å². The molecular formula is C15H25N. The normalized spacial score (nSPS) is 12.8. The predicted molar refractivity (Wildman–Crippen MR) is 72.0 cm³/mol. The number of nitrogens with two attached hydrogens (primary N) is 1. The lowest BCUT2D eigenvalue weighted by atomic mass is 9.89. The maximum absolute atomic E-state index is 5.53. The van der Waals surface area contributed by atoms with Crippen molar-refractivity contribution in [1.29, 1.82) is 0 Å². The summed E-state index contributed by atoms with van der Waals surface area (Å²) in [6.45, 7) is 9.75. The molecule has 1 nitrogen and oxygen atoms in total. The average Bonchev–Trinajstić information content (AvgIpc) is 2.23. The first-order chi connectivity index (χ1) is 7.56. The van der Waals surface area contributed by atoms with Gasteiger partial charge in [-0.3, -0.25) is 0 Å². The fourth-order valence-electron chi connectivity index (χ4n) is 2.26. The molecule has 0 saturated carbocycles. The number of benzene rings is 1. The van der Waals surface area contributed by atoms with Gasteiger partial charge in [-0.2, -0.15) is 0 Å². The lowest BCUT2D eigenvalue weighted by molar-refractivity contribution is 0.607. The van der Waals surface area contributed by atoms with Crippen LogP contribution in [0.1, 0.15) is 54.4 Å². The Bertz CT molecular complexity index is 342. The van der Waals surface area contributed by atoms with Gasteiger partial charge in [-0.25, -0.2) is 0 Å². The molecule has 0 aliphatic rings. The Morgan fingerprint density at radius 3 is 2.25 bits per heavy atom. The second-order valence-corrected chi connectivity index (χ2v) is 4.98. The second kappa shape index (κ2) is 6.05. The molecule has 2 N–H and O–H groups in total. The summed E-state index contributed by atoms with van der Waals surface area (Å²) in [5.74, 6) is 0.658. The summed E-state index contributed by atoms with van der Waals surface area (Å²) in [7, 11) is 0. The molecule has 0 aromatic heterocycles. The number of hydrogen-bond donors (Lipinski definition) is 1. The van der Waals surface area contributed by atoms with Crippen molar-refractivity contribution in [3.05, 3.63) is 34.4 Å². The second-order valence-electron chi connectivity index (χ2n) is 4.98. The molecule has 1 rings (SSSR count). The lowest BCUT2D eigenvalue weighted by Crippen LogP contribution is -2.02. The summed E-state index contributed by atoms with van der Waals surface area (Å²) >= 11 is 0. The highest BCUT2D eigenvalue weighted by Crippen LogP contribution is 2.26. The van der Waals surface area contributed by atoms with Crippen molar-refractivity contribution in [1.82, 2.24) is 0 Å². The Morgan fingerprint density at radius 1 is 1.00 bits per heavy atom. The van der Waals surface area contributed by atoms with Crippen LogP contribution < -0.4 is 5.73 Å². The largest absolute Gasteiger partial charge is 0.330 e. The molecule has 0 amide bonds. The van der Waals surface area contributed by atoms with Gasteiger partial charge in [0.2, 0.25) is 0 Å². The van der Waals surface area contributed by atoms with E-state index < -0.39 is 0 Å². The van der Waals surface area contributed by atoms with Crippen molar-refractivity contribution in [2.75, 3.05) is 6.54 Å². The standard InChI is InChI=1S/C15H25N/c1-11(7-5-6-8-16)15-10-13(3)12(2)9-14(15)4/h9-11H,5-8,16H2,1-4H3. The number of hydrogen-bond acceptors (Lipinski definition) is 1. The Kier molecular flexibility index (Phi) is 5.01. The van der Waals surface area contributed by atoms with Crippen LogP contribution in [0.15, 0.2) is 12.1 Å². The van der Waals surface area contributed by atoms with Gasteiger partial charge in [0.1, 0.15) is 0 Å². The average molecular weight is 219 g/mol. The van der Waals surface area contributed by atoms with Crippen molar-refractivity contribution >= 4 is 0 Å². The maximum atomic E-state index is 5.53. The summed E-state index contributed by atoms with van der Waals surface area (Å²) < 4.78 is 0. The minimum Gasteiger partial charge on any atom is -0.330 e. The summed E-state index contributed by atoms with van der Waals surface area (Å²) in [4.78, 5) is 0. The van der Waals surface area contributed by atoms with E-state index in [9.17, 15) is 0 Å². The molecule has 1 atom stereocenters. The van der Waals surface area contributed by atoms with Gasteiger partial charge < -0.3 is 5.73 Å². The van der Waals surface area contributed by atoms with Crippen LogP contribution in [0.5, 0.6) is 0 Å². The Labute approximate surface area is 100 Å². The molecule has 0 bridgehead atoms. The monoisotopic (exact) mass is 219 g/mol. The Hall–Kier alpha value is -0.820. The van der Waals surface area contributed by atoms with Crippen LogP contribution in [0.2, 0.25) is 0 Å². The van der Waals surface area contributed by atoms with Gasteiger partial charge in [-0.1, -0.05) is 25.5 Å². The van der Waals surface area contributed by atoms with E-state index in [0.29, 0.717) is 5.92 Å². The van der Waals surface area contributed by atoms with Gasteiger partial charge in [0, 0.05) is 0 Å². The topological polar surface area (TPSA) is 26.0 Å². The number of unbranched alkanes of at least 4 members (excludes halogenated alkanes) is 1. The minimum absolute atomic E-state index is 0.658. The first kappa shape index (κ1) is 13.2. The van der Waals surface area contributed by atoms with Crippen LogP contribution >= 0.6 is 0 Å². The zero-order chi connectivity index (χ0) is 12.1. The molecule has 0 spiro atoms. The van der Waals surface area contributed by atoms with Crippen LogP contribution in [0.4, 0.5) is 0 Å². The van der Waals surface area contributed by atoms with Gasteiger partial charge in [0.25, 0.3) is 0 Å². The highest BCUT2D eigenvalue weighted by atomic mass is 14.5. The molecule has 0 aliphatic carbocycles. The molecule has 0 radical (unpaired) electrons. The van der Waals surface area contributed by atoms with E-state index in [4.69, 9.17) is 5.73 Å². The third kappa shape index (κ3) is 3.34. The summed E-state index contributed by atoms with van der Waals surface area (Å²) in [5.41, 5.74) is 11.3.